The quantitative estimate of drug-likeness (QED) is 0.321. The highest BCUT2D eigenvalue weighted by Crippen LogP contribution is 2.17. The predicted molar refractivity (Wildman–Crippen MR) is 54.2 cm³/mol. The molecule has 84 valence electrons. The Balaban J connectivity index is 2.20. The molecular formula is C8H12N2O4S. The van der Waals surface area contributed by atoms with E-state index >= 15 is 0 Å². The van der Waals surface area contributed by atoms with Crippen LogP contribution in [0.3, 0.4) is 0 Å². The van der Waals surface area contributed by atoms with Gasteiger partial charge in [0, 0.05) is 11.3 Å². The third-order valence-electron chi connectivity index (χ3n) is 1.71. The second kappa shape index (κ2) is 5.62. The Kier molecular flexibility index (Phi) is 4.44. The van der Waals surface area contributed by atoms with Crippen molar-refractivity contribution in [1.29, 1.82) is 0 Å². The Morgan fingerprint density at radius 2 is 2.27 bits per heavy atom. The summed E-state index contributed by atoms with van der Waals surface area (Å²) in [6.45, 7) is 3.96. The number of hydrogen-bond donors (Lipinski definition) is 0. The monoisotopic (exact) mass is 232 g/mol. The van der Waals surface area contributed by atoms with Crippen LogP contribution in [0.1, 0.15) is 15.6 Å². The highest BCUT2D eigenvalue weighted by Gasteiger charge is 2.04. The van der Waals surface area contributed by atoms with Gasteiger partial charge in [-0.1, -0.05) is 0 Å². The smallest absolute Gasteiger partial charge is 0.296 e. The number of aromatic nitrogens is 1. The maximum atomic E-state index is 9.79. The van der Waals surface area contributed by atoms with Crippen LogP contribution >= 0.6 is 11.3 Å². The van der Waals surface area contributed by atoms with Crippen LogP contribution in [-0.2, 0) is 16.0 Å². The Morgan fingerprint density at radius 3 is 2.80 bits per heavy atom. The van der Waals surface area contributed by atoms with Gasteiger partial charge in [-0.25, -0.2) is 4.98 Å². The second-order valence-electron chi connectivity index (χ2n) is 2.87. The molecule has 1 heterocycles. The standard InChI is InChI=1S/C8H12N2O4S/c1-6-8(15-7(2)9-6)3-4-13-5-14-10(11)12/h3-5H2,1-2H3. The molecular weight excluding hydrogens is 220 g/mol. The van der Waals surface area contributed by atoms with E-state index in [1.54, 1.807) is 11.3 Å². The Labute approximate surface area is 91.0 Å². The van der Waals surface area contributed by atoms with Crippen LogP contribution in [0.25, 0.3) is 0 Å². The number of rotatable bonds is 6. The summed E-state index contributed by atoms with van der Waals surface area (Å²) in [5.74, 6) is 0. The number of thiazole rings is 1. The van der Waals surface area contributed by atoms with Gasteiger partial charge in [0.25, 0.3) is 5.09 Å². The fraction of sp³-hybridized carbons (Fsp3) is 0.625. The maximum Gasteiger partial charge on any atom is 0.296 e. The summed E-state index contributed by atoms with van der Waals surface area (Å²) < 4.78 is 4.93. The van der Waals surface area contributed by atoms with Crippen molar-refractivity contribution in [3.63, 3.8) is 0 Å². The van der Waals surface area contributed by atoms with Gasteiger partial charge in [-0.15, -0.1) is 21.5 Å². The summed E-state index contributed by atoms with van der Waals surface area (Å²) in [7, 11) is 0. The van der Waals surface area contributed by atoms with E-state index in [2.05, 4.69) is 9.82 Å². The molecule has 0 atom stereocenters. The summed E-state index contributed by atoms with van der Waals surface area (Å²) in [6, 6.07) is 0. The third kappa shape index (κ3) is 4.22. The zero-order valence-electron chi connectivity index (χ0n) is 8.56. The normalized spacial score (nSPS) is 10.3. The van der Waals surface area contributed by atoms with Gasteiger partial charge in [0.2, 0.25) is 0 Å². The van der Waals surface area contributed by atoms with Crippen LogP contribution < -0.4 is 0 Å². The first kappa shape index (κ1) is 11.9. The Hall–Kier alpha value is -1.21. The van der Waals surface area contributed by atoms with Crippen molar-refractivity contribution in [1.82, 2.24) is 4.98 Å². The van der Waals surface area contributed by atoms with Gasteiger partial charge >= 0.3 is 0 Å². The van der Waals surface area contributed by atoms with E-state index < -0.39 is 5.09 Å². The molecule has 7 heteroatoms. The van der Waals surface area contributed by atoms with E-state index in [1.807, 2.05) is 13.8 Å². The zero-order chi connectivity index (χ0) is 11.3. The highest BCUT2D eigenvalue weighted by atomic mass is 32.1. The average Bonchev–Trinajstić information content (AvgIpc) is 2.44. The molecule has 0 N–H and O–H groups in total. The molecule has 0 radical (unpaired) electrons. The van der Waals surface area contributed by atoms with Crippen molar-refractivity contribution in [2.75, 3.05) is 13.4 Å². The molecule has 1 aromatic heterocycles. The number of hydrogen-bond acceptors (Lipinski definition) is 6. The van der Waals surface area contributed by atoms with Gasteiger partial charge < -0.3 is 4.74 Å². The molecule has 1 rings (SSSR count). The van der Waals surface area contributed by atoms with Crippen molar-refractivity contribution in [2.24, 2.45) is 0 Å². The molecule has 0 aliphatic heterocycles. The van der Waals surface area contributed by atoms with Crippen molar-refractivity contribution >= 4 is 11.3 Å². The fourth-order valence-corrected chi connectivity index (χ4v) is 2.03. The second-order valence-corrected chi connectivity index (χ2v) is 4.16. The molecule has 0 aliphatic carbocycles. The van der Waals surface area contributed by atoms with Gasteiger partial charge in [0.05, 0.1) is 17.3 Å². The van der Waals surface area contributed by atoms with Gasteiger partial charge in [0.1, 0.15) is 0 Å². The van der Waals surface area contributed by atoms with Crippen molar-refractivity contribution in [2.45, 2.75) is 20.3 Å². The Morgan fingerprint density at radius 1 is 1.53 bits per heavy atom. The molecule has 0 aliphatic rings. The van der Waals surface area contributed by atoms with Crippen LogP contribution in [0, 0.1) is 24.0 Å². The lowest BCUT2D eigenvalue weighted by atomic mass is 10.3. The minimum absolute atomic E-state index is 0.316. The van der Waals surface area contributed by atoms with Crippen molar-refractivity contribution in [3.05, 3.63) is 25.7 Å². The minimum Gasteiger partial charge on any atom is -0.354 e. The molecule has 0 fully saturated rings. The van der Waals surface area contributed by atoms with E-state index in [1.165, 1.54) is 0 Å². The van der Waals surface area contributed by atoms with E-state index in [9.17, 15) is 10.1 Å². The van der Waals surface area contributed by atoms with Crippen LogP contribution in [0.2, 0.25) is 0 Å². The molecule has 0 bridgehead atoms. The minimum atomic E-state index is -0.873. The summed E-state index contributed by atoms with van der Waals surface area (Å²) in [5, 5.41) is 9.93. The Bertz CT molecular complexity index is 339. The molecule has 1 aromatic rings. The first-order chi connectivity index (χ1) is 7.09. The molecule has 15 heavy (non-hydrogen) atoms. The third-order valence-corrected chi connectivity index (χ3v) is 2.85. The summed E-state index contributed by atoms with van der Waals surface area (Å²) >= 11 is 1.61. The lowest BCUT2D eigenvalue weighted by Gasteiger charge is -2.01. The summed E-state index contributed by atoms with van der Waals surface area (Å²) in [4.78, 5) is 19.2. The lowest BCUT2D eigenvalue weighted by molar-refractivity contribution is -0.767. The van der Waals surface area contributed by atoms with Gasteiger partial charge in [-0.2, -0.15) is 0 Å². The van der Waals surface area contributed by atoms with E-state index in [0.29, 0.717) is 13.0 Å². The number of aryl methyl sites for hydroxylation is 2. The van der Waals surface area contributed by atoms with Crippen molar-refractivity contribution in [3.8, 4) is 0 Å². The predicted octanol–water partition coefficient (Wildman–Crippen LogP) is 1.48. The molecule has 6 nitrogen and oxygen atoms in total. The van der Waals surface area contributed by atoms with Gasteiger partial charge in [0.15, 0.2) is 6.79 Å². The SMILES string of the molecule is Cc1nc(C)c(CCOCO[N+](=O)[O-])s1. The van der Waals surface area contributed by atoms with Crippen molar-refractivity contribution < 1.29 is 14.7 Å². The number of nitrogens with zero attached hydrogens (tertiary/aromatic N) is 2. The lowest BCUT2D eigenvalue weighted by Crippen LogP contribution is -2.07. The maximum absolute atomic E-state index is 9.79. The van der Waals surface area contributed by atoms with E-state index in [-0.39, 0.29) is 6.79 Å². The van der Waals surface area contributed by atoms with E-state index in [0.717, 1.165) is 15.6 Å². The van der Waals surface area contributed by atoms with Gasteiger partial charge in [-0.3, -0.25) is 4.84 Å². The van der Waals surface area contributed by atoms with Crippen LogP contribution in [0.4, 0.5) is 0 Å². The molecule has 0 spiro atoms. The topological polar surface area (TPSA) is 74.5 Å². The largest absolute Gasteiger partial charge is 0.354 e. The molecule has 0 unspecified atom stereocenters. The zero-order valence-corrected chi connectivity index (χ0v) is 9.37. The number of ether oxygens (including phenoxy) is 1. The summed E-state index contributed by atoms with van der Waals surface area (Å²) in [5.41, 5.74) is 0.997. The highest BCUT2D eigenvalue weighted by molar-refractivity contribution is 7.11. The van der Waals surface area contributed by atoms with Gasteiger partial charge in [-0.05, 0) is 13.8 Å². The van der Waals surface area contributed by atoms with Crippen LogP contribution in [0.15, 0.2) is 0 Å². The fourth-order valence-electron chi connectivity index (χ4n) is 1.11. The van der Waals surface area contributed by atoms with E-state index in [4.69, 9.17) is 4.74 Å². The molecule has 0 saturated heterocycles. The summed E-state index contributed by atoms with van der Waals surface area (Å²) in [6.07, 6.45) is 0.707. The first-order valence-electron chi connectivity index (χ1n) is 4.37. The van der Waals surface area contributed by atoms with Crippen LogP contribution in [-0.4, -0.2) is 23.5 Å². The molecule has 0 amide bonds. The average molecular weight is 232 g/mol. The first-order valence-corrected chi connectivity index (χ1v) is 5.19. The van der Waals surface area contributed by atoms with Crippen LogP contribution in [0.5, 0.6) is 0 Å². The molecule has 0 aromatic carbocycles. The molecule has 0 saturated carbocycles.